The highest BCUT2D eigenvalue weighted by atomic mass is 19.1. The van der Waals surface area contributed by atoms with Crippen LogP contribution in [-0.2, 0) is 11.3 Å². The number of allylic oxidation sites excluding steroid dienone is 3. The van der Waals surface area contributed by atoms with Gasteiger partial charge in [-0.3, -0.25) is 14.5 Å². The molecule has 0 N–H and O–H groups in total. The van der Waals surface area contributed by atoms with Crippen LogP contribution < -0.4 is 0 Å². The number of halogens is 1. The first-order chi connectivity index (χ1) is 13.1. The Bertz CT molecular complexity index is 793. The summed E-state index contributed by atoms with van der Waals surface area (Å²) in [5.41, 5.74) is 2.59. The maximum Gasteiger partial charge on any atom is 0.254 e. The average Bonchev–Trinajstić information content (AvgIpc) is 3.00. The van der Waals surface area contributed by atoms with Gasteiger partial charge in [0.15, 0.2) is 5.78 Å². The van der Waals surface area contributed by atoms with Crippen molar-refractivity contribution in [2.75, 3.05) is 26.2 Å². The van der Waals surface area contributed by atoms with Crippen molar-refractivity contribution in [1.29, 1.82) is 0 Å². The average molecular weight is 368 g/mol. The molecular weight excluding hydrogens is 343 g/mol. The highest BCUT2D eigenvalue weighted by Gasteiger charge is 2.30. The summed E-state index contributed by atoms with van der Waals surface area (Å²) in [7, 11) is 0. The fourth-order valence-electron chi connectivity index (χ4n) is 4.20. The molecule has 0 aromatic heterocycles. The largest absolute Gasteiger partial charge is 0.334 e. The van der Waals surface area contributed by atoms with Crippen molar-refractivity contribution in [3.05, 3.63) is 59.2 Å². The second-order valence-electron chi connectivity index (χ2n) is 7.76. The Balaban J connectivity index is 1.25. The highest BCUT2D eigenvalue weighted by molar-refractivity contribution is 5.99. The first kappa shape index (κ1) is 18.1. The van der Waals surface area contributed by atoms with Crippen LogP contribution in [0.1, 0.15) is 35.2 Å². The summed E-state index contributed by atoms with van der Waals surface area (Å²) in [4.78, 5) is 29.0. The Labute approximate surface area is 159 Å². The number of hydrogen-bond donors (Lipinski definition) is 0. The first-order valence-corrected chi connectivity index (χ1v) is 9.75. The number of Topliss-reactive ketones (excluding diaryl/α,β-unsaturated/α-hetero) is 1. The van der Waals surface area contributed by atoms with Gasteiger partial charge in [0.25, 0.3) is 5.91 Å². The van der Waals surface area contributed by atoms with Gasteiger partial charge in [0.1, 0.15) is 6.17 Å². The van der Waals surface area contributed by atoms with E-state index < -0.39 is 6.17 Å². The molecule has 3 aliphatic rings. The normalized spacial score (nSPS) is 23.4. The monoisotopic (exact) mass is 368 g/mol. The van der Waals surface area contributed by atoms with E-state index in [-0.39, 0.29) is 11.7 Å². The maximum absolute atomic E-state index is 13.1. The molecular formula is C22H25FN2O2. The van der Waals surface area contributed by atoms with Gasteiger partial charge in [0, 0.05) is 30.6 Å². The van der Waals surface area contributed by atoms with Gasteiger partial charge in [-0.25, -0.2) is 4.39 Å². The molecule has 1 aromatic carbocycles. The van der Waals surface area contributed by atoms with E-state index in [0.29, 0.717) is 31.0 Å². The molecule has 2 heterocycles. The molecule has 1 aromatic rings. The van der Waals surface area contributed by atoms with Crippen LogP contribution in [-0.4, -0.2) is 53.8 Å². The number of carbonyl (C=O) groups excluding carboxylic acids is 2. The predicted molar refractivity (Wildman–Crippen MR) is 102 cm³/mol. The molecule has 0 spiro atoms. The van der Waals surface area contributed by atoms with E-state index in [9.17, 15) is 14.0 Å². The maximum atomic E-state index is 13.1. The van der Waals surface area contributed by atoms with Crippen LogP contribution in [0.2, 0.25) is 0 Å². The number of fused-ring (bicyclic) bond motifs is 1. The zero-order chi connectivity index (χ0) is 18.8. The molecule has 142 valence electrons. The lowest BCUT2D eigenvalue weighted by atomic mass is 9.95. The van der Waals surface area contributed by atoms with Gasteiger partial charge in [-0.15, -0.1) is 0 Å². The smallest absolute Gasteiger partial charge is 0.254 e. The van der Waals surface area contributed by atoms with Gasteiger partial charge in [-0.2, -0.15) is 0 Å². The van der Waals surface area contributed by atoms with Gasteiger partial charge in [-0.05, 0) is 49.6 Å². The van der Waals surface area contributed by atoms with Crippen LogP contribution in [0.5, 0.6) is 0 Å². The molecule has 1 amide bonds. The van der Waals surface area contributed by atoms with Crippen molar-refractivity contribution in [3.63, 3.8) is 0 Å². The number of ketones is 1. The van der Waals surface area contributed by atoms with Crippen LogP contribution in [0, 0.1) is 5.92 Å². The lowest BCUT2D eigenvalue weighted by Crippen LogP contribution is -2.41. The van der Waals surface area contributed by atoms with E-state index >= 15 is 0 Å². The zero-order valence-electron chi connectivity index (χ0n) is 15.4. The van der Waals surface area contributed by atoms with Gasteiger partial charge >= 0.3 is 0 Å². The predicted octanol–water partition coefficient (Wildman–Crippen LogP) is 3.15. The van der Waals surface area contributed by atoms with Crippen molar-refractivity contribution in [3.8, 4) is 0 Å². The number of alkyl halides is 1. The quantitative estimate of drug-likeness (QED) is 0.802. The molecule has 0 radical (unpaired) electrons. The number of piperidine rings is 1. The molecule has 0 bridgehead atoms. The summed E-state index contributed by atoms with van der Waals surface area (Å²) in [5, 5.41) is 0. The summed E-state index contributed by atoms with van der Waals surface area (Å²) in [6, 6.07) is 7.84. The van der Waals surface area contributed by atoms with E-state index in [1.165, 1.54) is 6.08 Å². The van der Waals surface area contributed by atoms with E-state index in [4.69, 9.17) is 0 Å². The summed E-state index contributed by atoms with van der Waals surface area (Å²) in [6.45, 7) is 3.64. The number of rotatable bonds is 5. The third kappa shape index (κ3) is 4.03. The molecule has 1 saturated heterocycles. The van der Waals surface area contributed by atoms with Crippen LogP contribution in [0.25, 0.3) is 0 Å². The van der Waals surface area contributed by atoms with Crippen LogP contribution in [0.3, 0.4) is 0 Å². The standard InChI is InChI=1S/C22H25FN2O2/c23-19-7-5-17(6-8-19)21(26)15-24-11-9-16(10-12-24)13-25-14-18-3-1-2-4-20(18)22(25)27/h1-7,16,19H,8-15H2. The van der Waals surface area contributed by atoms with Crippen LogP contribution in [0.4, 0.5) is 4.39 Å². The molecule has 1 unspecified atom stereocenters. The number of hydrogen-bond acceptors (Lipinski definition) is 3. The van der Waals surface area contributed by atoms with Crippen LogP contribution >= 0.6 is 0 Å². The van der Waals surface area contributed by atoms with Gasteiger partial charge < -0.3 is 4.90 Å². The van der Waals surface area contributed by atoms with Crippen molar-refractivity contribution in [2.45, 2.75) is 32.0 Å². The Morgan fingerprint density at radius 1 is 1.19 bits per heavy atom. The number of carbonyl (C=O) groups is 2. The van der Waals surface area contributed by atoms with Crippen molar-refractivity contribution < 1.29 is 14.0 Å². The van der Waals surface area contributed by atoms with Crippen molar-refractivity contribution in [1.82, 2.24) is 9.80 Å². The molecule has 4 rings (SSSR count). The number of benzene rings is 1. The summed E-state index contributed by atoms with van der Waals surface area (Å²) in [5.74, 6) is 0.697. The molecule has 0 saturated carbocycles. The molecule has 1 fully saturated rings. The minimum atomic E-state index is -0.961. The second kappa shape index (κ2) is 7.77. The van der Waals surface area contributed by atoms with E-state index in [1.54, 1.807) is 12.2 Å². The molecule has 1 atom stereocenters. The molecule has 1 aliphatic carbocycles. The fourth-order valence-corrected chi connectivity index (χ4v) is 4.20. The minimum Gasteiger partial charge on any atom is -0.334 e. The Morgan fingerprint density at radius 3 is 2.67 bits per heavy atom. The third-order valence-corrected chi connectivity index (χ3v) is 5.82. The van der Waals surface area contributed by atoms with Crippen molar-refractivity contribution >= 4 is 11.7 Å². The van der Waals surface area contributed by atoms with Crippen LogP contribution in [0.15, 0.2) is 48.1 Å². The molecule has 5 heteroatoms. The van der Waals surface area contributed by atoms with E-state index in [2.05, 4.69) is 4.90 Å². The highest BCUT2D eigenvalue weighted by Crippen LogP contribution is 2.26. The molecule has 2 aliphatic heterocycles. The third-order valence-electron chi connectivity index (χ3n) is 5.82. The molecule has 27 heavy (non-hydrogen) atoms. The first-order valence-electron chi connectivity index (χ1n) is 9.75. The van der Waals surface area contributed by atoms with Gasteiger partial charge in [0.2, 0.25) is 0 Å². The summed E-state index contributed by atoms with van der Waals surface area (Å²) < 4.78 is 13.1. The second-order valence-corrected chi connectivity index (χ2v) is 7.76. The SMILES string of the molecule is O=C(CN1CCC(CN2Cc3ccccc3C2=O)CC1)C1=CCC(F)C=C1. The zero-order valence-corrected chi connectivity index (χ0v) is 15.4. The minimum absolute atomic E-state index is 0.0711. The van der Waals surface area contributed by atoms with E-state index in [1.807, 2.05) is 29.2 Å². The number of amides is 1. The van der Waals surface area contributed by atoms with E-state index in [0.717, 1.165) is 43.6 Å². The Morgan fingerprint density at radius 2 is 1.96 bits per heavy atom. The number of nitrogens with zero attached hydrogens (tertiary/aromatic N) is 2. The number of likely N-dealkylation sites (tertiary alicyclic amines) is 1. The summed E-state index contributed by atoms with van der Waals surface area (Å²) >= 11 is 0. The van der Waals surface area contributed by atoms with Crippen molar-refractivity contribution in [2.24, 2.45) is 5.92 Å². The van der Waals surface area contributed by atoms with Gasteiger partial charge in [0.05, 0.1) is 6.54 Å². The lowest BCUT2D eigenvalue weighted by Gasteiger charge is -2.33. The summed E-state index contributed by atoms with van der Waals surface area (Å²) in [6.07, 6.45) is 6.10. The Hall–Kier alpha value is -2.27. The Kier molecular flexibility index (Phi) is 5.21. The molecule has 4 nitrogen and oxygen atoms in total. The van der Waals surface area contributed by atoms with Gasteiger partial charge in [-0.1, -0.05) is 30.4 Å². The lowest BCUT2D eigenvalue weighted by molar-refractivity contribution is -0.116. The fraction of sp³-hybridized carbons (Fsp3) is 0.455. The topological polar surface area (TPSA) is 40.6 Å².